The third-order valence-electron chi connectivity index (χ3n) is 4.57. The topological polar surface area (TPSA) is 89.5 Å². The summed E-state index contributed by atoms with van der Waals surface area (Å²) in [6, 6.07) is 10.4. The number of hydrogen-bond acceptors (Lipinski definition) is 5. The summed E-state index contributed by atoms with van der Waals surface area (Å²) >= 11 is 4.05. The first kappa shape index (κ1) is 17.3. The SMILES string of the molecule is Cc1nn2c(ncc3c(=O)n([C@H](CS)C(=O)O)ccc32)c1-c1ccccc1. The van der Waals surface area contributed by atoms with E-state index >= 15 is 0 Å². The highest BCUT2D eigenvalue weighted by Gasteiger charge is 2.21. The predicted molar refractivity (Wildman–Crippen MR) is 105 cm³/mol. The monoisotopic (exact) mass is 380 g/mol. The number of fused-ring (bicyclic) bond motifs is 3. The molecule has 0 fully saturated rings. The Labute approximate surface area is 159 Å². The van der Waals surface area contributed by atoms with Gasteiger partial charge in [0.15, 0.2) is 5.65 Å². The van der Waals surface area contributed by atoms with Crippen molar-refractivity contribution in [2.45, 2.75) is 13.0 Å². The van der Waals surface area contributed by atoms with Crippen molar-refractivity contribution in [3.05, 3.63) is 64.8 Å². The zero-order valence-electron chi connectivity index (χ0n) is 14.4. The van der Waals surface area contributed by atoms with E-state index in [2.05, 4.69) is 22.7 Å². The third kappa shape index (κ3) is 2.69. The van der Waals surface area contributed by atoms with Gasteiger partial charge >= 0.3 is 5.97 Å². The van der Waals surface area contributed by atoms with Crippen LogP contribution in [0.3, 0.4) is 0 Å². The average molecular weight is 380 g/mol. The van der Waals surface area contributed by atoms with Gasteiger partial charge in [-0.25, -0.2) is 14.3 Å². The maximum Gasteiger partial charge on any atom is 0.327 e. The molecular formula is C19H16N4O3S. The van der Waals surface area contributed by atoms with Gasteiger partial charge in [-0.3, -0.25) is 9.36 Å². The molecule has 8 heteroatoms. The van der Waals surface area contributed by atoms with Gasteiger partial charge in [-0.1, -0.05) is 30.3 Å². The molecule has 1 N–H and O–H groups in total. The molecule has 3 heterocycles. The Hall–Kier alpha value is -3.13. The van der Waals surface area contributed by atoms with Crippen molar-refractivity contribution in [3.8, 4) is 11.1 Å². The minimum absolute atomic E-state index is 0.00938. The van der Waals surface area contributed by atoms with E-state index in [1.54, 1.807) is 10.6 Å². The lowest BCUT2D eigenvalue weighted by Gasteiger charge is -2.14. The molecule has 0 spiro atoms. The molecule has 1 atom stereocenters. The van der Waals surface area contributed by atoms with Crippen molar-refractivity contribution in [2.24, 2.45) is 0 Å². The van der Waals surface area contributed by atoms with Crippen LogP contribution in [0.4, 0.5) is 0 Å². The highest BCUT2D eigenvalue weighted by Crippen LogP contribution is 2.28. The predicted octanol–water partition coefficient (Wildman–Crippen LogP) is 2.58. The molecular weight excluding hydrogens is 364 g/mol. The molecule has 0 bridgehead atoms. The van der Waals surface area contributed by atoms with Crippen LogP contribution in [0.5, 0.6) is 0 Å². The van der Waals surface area contributed by atoms with Crippen LogP contribution in [0.15, 0.2) is 53.6 Å². The number of carboxylic acids is 1. The van der Waals surface area contributed by atoms with E-state index in [0.717, 1.165) is 16.8 Å². The number of pyridine rings is 1. The van der Waals surface area contributed by atoms with E-state index in [9.17, 15) is 14.7 Å². The summed E-state index contributed by atoms with van der Waals surface area (Å²) in [6.45, 7) is 1.89. The molecule has 27 heavy (non-hydrogen) atoms. The Balaban J connectivity index is 2.00. The van der Waals surface area contributed by atoms with Gasteiger partial charge in [0.2, 0.25) is 0 Å². The van der Waals surface area contributed by atoms with E-state index in [0.29, 0.717) is 16.6 Å². The Bertz CT molecular complexity index is 1230. The molecule has 4 rings (SSSR count). The third-order valence-corrected chi connectivity index (χ3v) is 4.92. The number of benzene rings is 1. The van der Waals surface area contributed by atoms with Crippen molar-refractivity contribution >= 4 is 35.1 Å². The molecule has 0 radical (unpaired) electrons. The second-order valence-electron chi connectivity index (χ2n) is 6.18. The second-order valence-corrected chi connectivity index (χ2v) is 6.55. The first-order valence-electron chi connectivity index (χ1n) is 8.31. The van der Waals surface area contributed by atoms with Crippen LogP contribution in [-0.4, -0.2) is 36.0 Å². The van der Waals surface area contributed by atoms with Crippen molar-refractivity contribution in [2.75, 3.05) is 5.75 Å². The summed E-state index contributed by atoms with van der Waals surface area (Å²) in [4.78, 5) is 28.7. The number of carbonyl (C=O) groups is 1. The standard InChI is InChI=1S/C19H16N4O3S/c1-11-16(12-5-3-2-4-6-12)17-20-9-13-14(23(17)21-11)7-8-22(18(13)24)15(10-27)19(25)26/h2-9,15,27H,10H2,1H3,(H,25,26)/t15-/m1/s1. The average Bonchev–Trinajstić information content (AvgIpc) is 3.00. The maximum absolute atomic E-state index is 12.8. The quantitative estimate of drug-likeness (QED) is 0.531. The number of rotatable bonds is 4. The fourth-order valence-electron chi connectivity index (χ4n) is 3.26. The first-order valence-corrected chi connectivity index (χ1v) is 8.94. The molecule has 0 aliphatic rings. The number of carboxylic acid groups (broad SMARTS) is 1. The number of aromatic nitrogens is 4. The van der Waals surface area contributed by atoms with Gasteiger partial charge in [0.05, 0.1) is 16.6 Å². The smallest absolute Gasteiger partial charge is 0.327 e. The van der Waals surface area contributed by atoms with E-state index < -0.39 is 17.6 Å². The van der Waals surface area contributed by atoms with E-state index in [1.807, 2.05) is 37.3 Å². The molecule has 0 saturated heterocycles. The van der Waals surface area contributed by atoms with Crippen LogP contribution < -0.4 is 5.56 Å². The molecule has 0 unspecified atom stereocenters. The fraction of sp³-hybridized carbons (Fsp3) is 0.158. The van der Waals surface area contributed by atoms with Gasteiger partial charge in [-0.2, -0.15) is 17.7 Å². The molecule has 0 amide bonds. The molecule has 3 aromatic heterocycles. The summed E-state index contributed by atoms with van der Waals surface area (Å²) in [5, 5.41) is 14.2. The van der Waals surface area contributed by atoms with Crippen LogP contribution >= 0.6 is 12.6 Å². The Kier molecular flexibility index (Phi) is 4.19. The highest BCUT2D eigenvalue weighted by atomic mass is 32.1. The lowest BCUT2D eigenvalue weighted by atomic mass is 10.1. The van der Waals surface area contributed by atoms with Gasteiger partial charge in [-0.05, 0) is 18.6 Å². The van der Waals surface area contributed by atoms with Crippen LogP contribution in [0, 0.1) is 6.92 Å². The normalized spacial score (nSPS) is 12.5. The number of nitrogens with zero attached hydrogens (tertiary/aromatic N) is 4. The molecule has 4 aromatic rings. The van der Waals surface area contributed by atoms with Gasteiger partial charge in [0.1, 0.15) is 6.04 Å². The van der Waals surface area contributed by atoms with Crippen molar-refractivity contribution in [1.29, 1.82) is 0 Å². The van der Waals surface area contributed by atoms with Gasteiger partial charge in [0.25, 0.3) is 5.56 Å². The number of thiol groups is 1. The van der Waals surface area contributed by atoms with Crippen molar-refractivity contribution in [1.82, 2.24) is 19.2 Å². The minimum atomic E-state index is -1.11. The second kappa shape index (κ2) is 6.55. The largest absolute Gasteiger partial charge is 0.480 e. The summed E-state index contributed by atoms with van der Waals surface area (Å²) in [7, 11) is 0. The van der Waals surface area contributed by atoms with Crippen LogP contribution in [0.2, 0.25) is 0 Å². The molecule has 7 nitrogen and oxygen atoms in total. The zero-order valence-corrected chi connectivity index (χ0v) is 15.3. The Morgan fingerprint density at radius 2 is 2.00 bits per heavy atom. The molecule has 0 aliphatic carbocycles. The lowest BCUT2D eigenvalue weighted by molar-refractivity contribution is -0.140. The van der Waals surface area contributed by atoms with Crippen LogP contribution in [-0.2, 0) is 4.79 Å². The van der Waals surface area contributed by atoms with Crippen LogP contribution in [0.1, 0.15) is 11.7 Å². The highest BCUT2D eigenvalue weighted by molar-refractivity contribution is 7.80. The van der Waals surface area contributed by atoms with Gasteiger partial charge < -0.3 is 5.11 Å². The lowest BCUT2D eigenvalue weighted by Crippen LogP contribution is -2.31. The summed E-state index contributed by atoms with van der Waals surface area (Å²) in [6.07, 6.45) is 2.95. The van der Waals surface area contributed by atoms with E-state index in [4.69, 9.17) is 0 Å². The van der Waals surface area contributed by atoms with E-state index in [-0.39, 0.29) is 5.75 Å². The first-order chi connectivity index (χ1) is 13.0. The molecule has 0 aliphatic heterocycles. The molecule has 1 aromatic carbocycles. The number of aryl methyl sites for hydroxylation is 1. The number of aliphatic carboxylic acids is 1. The van der Waals surface area contributed by atoms with E-state index in [1.165, 1.54) is 17.0 Å². The van der Waals surface area contributed by atoms with Gasteiger partial charge in [0, 0.05) is 23.7 Å². The van der Waals surface area contributed by atoms with Crippen molar-refractivity contribution < 1.29 is 9.90 Å². The van der Waals surface area contributed by atoms with Crippen molar-refractivity contribution in [3.63, 3.8) is 0 Å². The summed E-state index contributed by atoms with van der Waals surface area (Å²) < 4.78 is 2.80. The fourth-order valence-corrected chi connectivity index (χ4v) is 3.60. The van der Waals surface area contributed by atoms with Gasteiger partial charge in [-0.15, -0.1) is 0 Å². The number of hydrogen-bond donors (Lipinski definition) is 2. The minimum Gasteiger partial charge on any atom is -0.480 e. The summed E-state index contributed by atoms with van der Waals surface area (Å²) in [5.41, 5.74) is 3.48. The molecule has 0 saturated carbocycles. The molecule has 136 valence electrons. The Morgan fingerprint density at radius 1 is 1.26 bits per heavy atom. The maximum atomic E-state index is 12.8. The zero-order chi connectivity index (χ0) is 19.1. The van der Waals surface area contributed by atoms with Crippen LogP contribution in [0.25, 0.3) is 27.7 Å². The Morgan fingerprint density at radius 3 is 2.67 bits per heavy atom. The summed E-state index contributed by atoms with van der Waals surface area (Å²) in [5.74, 6) is -1.10.